The summed E-state index contributed by atoms with van der Waals surface area (Å²) in [7, 11) is -3.35. The third-order valence-electron chi connectivity index (χ3n) is 3.53. The molecule has 1 aliphatic heterocycles. The second-order valence-electron chi connectivity index (χ2n) is 5.36. The lowest BCUT2D eigenvalue weighted by Gasteiger charge is -2.22. The summed E-state index contributed by atoms with van der Waals surface area (Å²) in [4.78, 5) is 11.8. The van der Waals surface area contributed by atoms with E-state index in [0.29, 0.717) is 25.5 Å². The molecule has 0 spiro atoms. The van der Waals surface area contributed by atoms with Crippen LogP contribution in [0.25, 0.3) is 0 Å². The molecule has 1 amide bonds. The molecule has 1 atom stereocenters. The molecule has 1 fully saturated rings. The number of nitrogens with one attached hydrogen (secondary N) is 1. The number of hydrogen-bond donors (Lipinski definition) is 1. The van der Waals surface area contributed by atoms with Gasteiger partial charge in [-0.25, -0.2) is 8.42 Å². The van der Waals surface area contributed by atoms with E-state index >= 15 is 0 Å². The van der Waals surface area contributed by atoms with Gasteiger partial charge in [-0.15, -0.1) is 0 Å². The smallest absolute Gasteiger partial charge is 0.221 e. The van der Waals surface area contributed by atoms with Crippen LogP contribution in [-0.2, 0) is 26.1 Å². The zero-order valence-electron chi connectivity index (χ0n) is 12.7. The molecule has 1 unspecified atom stereocenters. The van der Waals surface area contributed by atoms with Crippen LogP contribution in [0.4, 0.5) is 0 Å². The topological polar surface area (TPSA) is 88.9 Å². The molecule has 1 aliphatic rings. The van der Waals surface area contributed by atoms with Gasteiger partial charge in [-0.2, -0.15) is 4.31 Å². The molecule has 2 rings (SSSR count). The van der Waals surface area contributed by atoms with Crippen LogP contribution in [-0.4, -0.2) is 50.7 Å². The van der Waals surface area contributed by atoms with Crippen molar-refractivity contribution >= 4 is 15.9 Å². The van der Waals surface area contributed by atoms with Gasteiger partial charge in [-0.05, 0) is 25.0 Å². The number of carbonyl (C=O) groups excluding carboxylic acids is 1. The van der Waals surface area contributed by atoms with Crippen LogP contribution in [0.5, 0.6) is 0 Å². The Morgan fingerprint density at radius 1 is 1.50 bits per heavy atom. The van der Waals surface area contributed by atoms with E-state index in [-0.39, 0.29) is 25.0 Å². The number of carbonyl (C=O) groups is 1. The summed E-state index contributed by atoms with van der Waals surface area (Å²) in [6.45, 7) is 1.44. The fourth-order valence-electron chi connectivity index (χ4n) is 2.32. The molecule has 1 saturated heterocycles. The average Bonchev–Trinajstić information content (AvgIpc) is 3.12. The molecule has 0 radical (unpaired) electrons. The van der Waals surface area contributed by atoms with Gasteiger partial charge in [0.05, 0.1) is 25.2 Å². The van der Waals surface area contributed by atoms with Crippen molar-refractivity contribution in [1.82, 2.24) is 9.62 Å². The molecule has 0 aliphatic carbocycles. The minimum absolute atomic E-state index is 0.0686. The van der Waals surface area contributed by atoms with E-state index in [1.165, 1.54) is 10.6 Å². The van der Waals surface area contributed by atoms with Gasteiger partial charge in [0.2, 0.25) is 15.9 Å². The Morgan fingerprint density at radius 2 is 2.32 bits per heavy atom. The fraction of sp³-hybridized carbons (Fsp3) is 0.643. The highest BCUT2D eigenvalue weighted by molar-refractivity contribution is 7.88. The Bertz CT molecular complexity index is 564. The van der Waals surface area contributed by atoms with Gasteiger partial charge in [-0.3, -0.25) is 4.79 Å². The lowest BCUT2D eigenvalue weighted by Crippen LogP contribution is -2.39. The molecule has 0 bridgehead atoms. The van der Waals surface area contributed by atoms with E-state index in [4.69, 9.17) is 9.15 Å². The molecule has 1 aromatic heterocycles. The number of furan rings is 1. The zero-order chi connectivity index (χ0) is 16.0. The Hall–Kier alpha value is -1.38. The highest BCUT2D eigenvalue weighted by Gasteiger charge is 2.25. The van der Waals surface area contributed by atoms with E-state index in [9.17, 15) is 13.2 Å². The van der Waals surface area contributed by atoms with Gasteiger partial charge in [0.25, 0.3) is 0 Å². The first kappa shape index (κ1) is 17.0. The number of rotatable bonds is 8. The summed E-state index contributed by atoms with van der Waals surface area (Å²) in [5, 5.41) is 2.70. The molecule has 2 heterocycles. The SMILES string of the molecule is CS(=O)(=O)N(CCC(=O)NCc1ccco1)CC1CCCO1. The van der Waals surface area contributed by atoms with Crippen LogP contribution in [0.1, 0.15) is 25.0 Å². The number of nitrogens with zero attached hydrogens (tertiary/aromatic N) is 1. The Morgan fingerprint density at radius 3 is 2.91 bits per heavy atom. The van der Waals surface area contributed by atoms with Crippen molar-refractivity contribution in [1.29, 1.82) is 0 Å². The predicted molar refractivity (Wildman–Crippen MR) is 80.6 cm³/mol. The molecule has 124 valence electrons. The Balaban J connectivity index is 1.78. The number of amides is 1. The number of sulfonamides is 1. The van der Waals surface area contributed by atoms with Gasteiger partial charge in [0.15, 0.2) is 0 Å². The summed E-state index contributed by atoms with van der Waals surface area (Å²) in [5.41, 5.74) is 0. The lowest BCUT2D eigenvalue weighted by atomic mass is 10.2. The van der Waals surface area contributed by atoms with Crippen LogP contribution in [0.15, 0.2) is 22.8 Å². The average molecular weight is 330 g/mol. The standard InChI is InChI=1S/C14H22N2O5S/c1-22(18,19)16(11-13-5-3-9-21-13)7-6-14(17)15-10-12-4-2-8-20-12/h2,4,8,13H,3,5-7,9-11H2,1H3,(H,15,17). The summed E-state index contributed by atoms with van der Waals surface area (Å²) in [6, 6.07) is 3.51. The van der Waals surface area contributed by atoms with E-state index in [2.05, 4.69) is 5.32 Å². The molecule has 7 nitrogen and oxygen atoms in total. The van der Waals surface area contributed by atoms with E-state index in [0.717, 1.165) is 19.1 Å². The van der Waals surface area contributed by atoms with Gasteiger partial charge in [0, 0.05) is 26.1 Å². The maximum Gasteiger partial charge on any atom is 0.221 e. The first-order valence-corrected chi connectivity index (χ1v) is 9.16. The maximum atomic E-state index is 11.8. The van der Waals surface area contributed by atoms with Crippen LogP contribution < -0.4 is 5.32 Å². The highest BCUT2D eigenvalue weighted by Crippen LogP contribution is 2.15. The molecule has 1 aromatic rings. The molecular formula is C14H22N2O5S. The van der Waals surface area contributed by atoms with Crippen molar-refractivity contribution < 1.29 is 22.4 Å². The quantitative estimate of drug-likeness (QED) is 0.759. The normalized spacial score (nSPS) is 18.7. The second-order valence-corrected chi connectivity index (χ2v) is 7.34. The molecule has 0 saturated carbocycles. The molecule has 1 N–H and O–H groups in total. The first-order chi connectivity index (χ1) is 10.4. The third kappa shape index (κ3) is 5.43. The van der Waals surface area contributed by atoms with E-state index < -0.39 is 10.0 Å². The zero-order valence-corrected chi connectivity index (χ0v) is 13.5. The van der Waals surface area contributed by atoms with Crippen molar-refractivity contribution in [2.45, 2.75) is 31.9 Å². The van der Waals surface area contributed by atoms with Gasteiger partial charge < -0.3 is 14.5 Å². The Labute approximate surface area is 130 Å². The van der Waals surface area contributed by atoms with Gasteiger partial charge in [0.1, 0.15) is 5.76 Å². The minimum atomic E-state index is -3.35. The summed E-state index contributed by atoms with van der Waals surface area (Å²) in [6.07, 6.45) is 4.54. The maximum absolute atomic E-state index is 11.8. The second kappa shape index (κ2) is 7.75. The number of ether oxygens (including phenoxy) is 1. The molecule has 0 aromatic carbocycles. The number of hydrogen-bond acceptors (Lipinski definition) is 5. The highest BCUT2D eigenvalue weighted by atomic mass is 32.2. The van der Waals surface area contributed by atoms with Crippen LogP contribution >= 0.6 is 0 Å². The summed E-state index contributed by atoms with van der Waals surface area (Å²) >= 11 is 0. The summed E-state index contributed by atoms with van der Waals surface area (Å²) < 4.78 is 35.5. The third-order valence-corrected chi connectivity index (χ3v) is 4.80. The Kier molecular flexibility index (Phi) is 5.98. The van der Waals surface area contributed by atoms with Crippen LogP contribution in [0.3, 0.4) is 0 Å². The monoisotopic (exact) mass is 330 g/mol. The predicted octanol–water partition coefficient (Wildman–Crippen LogP) is 0.726. The van der Waals surface area contributed by atoms with Crippen molar-refractivity contribution in [2.24, 2.45) is 0 Å². The fourth-order valence-corrected chi connectivity index (χ4v) is 3.18. The summed E-state index contributed by atoms with van der Waals surface area (Å²) in [5.74, 6) is 0.449. The van der Waals surface area contributed by atoms with Crippen LogP contribution in [0.2, 0.25) is 0 Å². The van der Waals surface area contributed by atoms with Crippen LogP contribution in [0, 0.1) is 0 Å². The molecule has 22 heavy (non-hydrogen) atoms. The van der Waals surface area contributed by atoms with Gasteiger partial charge >= 0.3 is 0 Å². The van der Waals surface area contributed by atoms with Crippen molar-refractivity contribution in [2.75, 3.05) is 26.0 Å². The largest absolute Gasteiger partial charge is 0.467 e. The minimum Gasteiger partial charge on any atom is -0.467 e. The van der Waals surface area contributed by atoms with E-state index in [1.807, 2.05) is 0 Å². The lowest BCUT2D eigenvalue weighted by molar-refractivity contribution is -0.121. The van der Waals surface area contributed by atoms with E-state index in [1.54, 1.807) is 12.1 Å². The van der Waals surface area contributed by atoms with Gasteiger partial charge in [-0.1, -0.05) is 0 Å². The molecule has 8 heteroatoms. The van der Waals surface area contributed by atoms with Crippen molar-refractivity contribution in [3.05, 3.63) is 24.2 Å². The molecular weight excluding hydrogens is 308 g/mol. The van der Waals surface area contributed by atoms with Crippen molar-refractivity contribution in [3.63, 3.8) is 0 Å². The van der Waals surface area contributed by atoms with Crippen molar-refractivity contribution in [3.8, 4) is 0 Å². The first-order valence-electron chi connectivity index (χ1n) is 7.31.